The minimum Gasteiger partial charge on any atom is -0.480 e. The van der Waals surface area contributed by atoms with Crippen LogP contribution in [0.5, 0.6) is 0 Å². The molecule has 1 aliphatic rings. The van der Waals surface area contributed by atoms with Gasteiger partial charge in [-0.25, -0.2) is 0 Å². The van der Waals surface area contributed by atoms with Crippen LogP contribution < -0.4 is 0 Å². The average Bonchev–Trinajstić information content (AvgIpc) is 2.49. The lowest BCUT2D eigenvalue weighted by Crippen LogP contribution is -2.42. The fourth-order valence-corrected chi connectivity index (χ4v) is 3.44. The first-order chi connectivity index (χ1) is 7.41. The second-order valence-corrected chi connectivity index (χ2v) is 5.77. The number of aliphatic carboxylic acids is 1. The normalized spacial score (nSPS) is 23.4. The highest BCUT2D eigenvalue weighted by Gasteiger charge is 2.41. The van der Waals surface area contributed by atoms with Gasteiger partial charge < -0.3 is 5.11 Å². The van der Waals surface area contributed by atoms with Crippen molar-refractivity contribution in [1.29, 1.82) is 0 Å². The minimum absolute atomic E-state index is 0.263. The van der Waals surface area contributed by atoms with Crippen LogP contribution in [-0.4, -0.2) is 53.8 Å². The zero-order valence-corrected chi connectivity index (χ0v) is 10.4. The molecule has 1 fully saturated rings. The van der Waals surface area contributed by atoms with Crippen molar-refractivity contribution >= 4 is 16.2 Å². The second kappa shape index (κ2) is 5.11. The lowest BCUT2D eigenvalue weighted by atomic mass is 10.3. The molecule has 0 aromatic heterocycles. The number of unbranched alkanes of at least 4 members (excludes halogenated alkanes) is 1. The van der Waals surface area contributed by atoms with Crippen LogP contribution in [0.4, 0.5) is 0 Å². The van der Waals surface area contributed by atoms with Gasteiger partial charge in [-0.05, 0) is 13.3 Å². The molecule has 1 aliphatic heterocycles. The van der Waals surface area contributed by atoms with Gasteiger partial charge in [0.25, 0.3) is 10.2 Å². The molecule has 1 heterocycles. The Kier molecular flexibility index (Phi) is 4.28. The highest BCUT2D eigenvalue weighted by molar-refractivity contribution is 7.87. The summed E-state index contributed by atoms with van der Waals surface area (Å²) in [4.78, 5) is 10.8. The number of carboxylic acids is 1. The Morgan fingerprint density at radius 1 is 1.44 bits per heavy atom. The van der Waals surface area contributed by atoms with E-state index >= 15 is 0 Å². The van der Waals surface area contributed by atoms with Crippen LogP contribution in [0, 0.1) is 0 Å². The summed E-state index contributed by atoms with van der Waals surface area (Å²) >= 11 is 0. The van der Waals surface area contributed by atoms with Crippen molar-refractivity contribution in [2.45, 2.75) is 32.7 Å². The zero-order chi connectivity index (χ0) is 12.3. The lowest BCUT2D eigenvalue weighted by molar-refractivity contribution is -0.140. The van der Waals surface area contributed by atoms with Crippen molar-refractivity contribution in [2.75, 3.05) is 19.6 Å². The van der Waals surface area contributed by atoms with E-state index in [0.717, 1.165) is 17.1 Å². The molecule has 0 aromatic carbocycles. The zero-order valence-electron chi connectivity index (χ0n) is 9.59. The van der Waals surface area contributed by atoms with Gasteiger partial charge in [-0.3, -0.25) is 4.79 Å². The first kappa shape index (κ1) is 13.4. The van der Waals surface area contributed by atoms with Crippen LogP contribution >= 0.6 is 0 Å². The minimum atomic E-state index is -3.56. The molecule has 1 atom stereocenters. The van der Waals surface area contributed by atoms with Gasteiger partial charge in [-0.2, -0.15) is 17.0 Å². The van der Waals surface area contributed by atoms with E-state index in [1.165, 1.54) is 11.2 Å². The Morgan fingerprint density at radius 2 is 2.06 bits per heavy atom. The SMILES string of the molecule is CCCCN1CCN(C(C)C(=O)O)S1(=O)=O. The van der Waals surface area contributed by atoms with Gasteiger partial charge in [-0.15, -0.1) is 0 Å². The maximum Gasteiger partial charge on any atom is 0.321 e. The lowest BCUT2D eigenvalue weighted by Gasteiger charge is -2.21. The Bertz CT molecular complexity index is 355. The molecule has 16 heavy (non-hydrogen) atoms. The molecule has 1 rings (SSSR count). The third-order valence-electron chi connectivity index (χ3n) is 2.74. The summed E-state index contributed by atoms with van der Waals surface area (Å²) in [6.45, 7) is 4.50. The molecule has 0 amide bonds. The Balaban J connectivity index is 2.76. The fourth-order valence-electron chi connectivity index (χ4n) is 1.67. The topological polar surface area (TPSA) is 77.9 Å². The predicted molar refractivity (Wildman–Crippen MR) is 59.2 cm³/mol. The summed E-state index contributed by atoms with van der Waals surface area (Å²) in [5.41, 5.74) is 0. The maximum atomic E-state index is 11.9. The number of rotatable bonds is 5. The van der Waals surface area contributed by atoms with Gasteiger partial charge in [-0.1, -0.05) is 13.3 Å². The fraction of sp³-hybridized carbons (Fsp3) is 0.889. The van der Waals surface area contributed by atoms with E-state index < -0.39 is 22.2 Å². The molecule has 0 radical (unpaired) electrons. The molecule has 7 heteroatoms. The summed E-state index contributed by atoms with van der Waals surface area (Å²) in [5, 5.41) is 8.81. The average molecular weight is 250 g/mol. The van der Waals surface area contributed by atoms with Crippen LogP contribution in [0.15, 0.2) is 0 Å². The molecule has 0 aromatic rings. The van der Waals surface area contributed by atoms with Gasteiger partial charge >= 0.3 is 5.97 Å². The molecule has 1 unspecified atom stereocenters. The molecule has 6 nitrogen and oxygen atoms in total. The Hall–Kier alpha value is -0.660. The Morgan fingerprint density at radius 3 is 2.56 bits per heavy atom. The molecule has 0 aliphatic carbocycles. The van der Waals surface area contributed by atoms with Crippen LogP contribution in [0.3, 0.4) is 0 Å². The standard InChI is InChI=1S/C9H18N2O4S/c1-3-4-5-10-6-7-11(16(10,14)15)8(2)9(12)13/h8H,3-7H2,1-2H3,(H,12,13). The quantitative estimate of drug-likeness (QED) is 0.752. The van der Waals surface area contributed by atoms with Crippen molar-refractivity contribution in [3.05, 3.63) is 0 Å². The monoisotopic (exact) mass is 250 g/mol. The van der Waals surface area contributed by atoms with E-state index in [1.807, 2.05) is 6.92 Å². The van der Waals surface area contributed by atoms with Crippen LogP contribution in [-0.2, 0) is 15.0 Å². The molecule has 94 valence electrons. The highest BCUT2D eigenvalue weighted by Crippen LogP contribution is 2.19. The van der Waals surface area contributed by atoms with Crippen molar-refractivity contribution in [3.8, 4) is 0 Å². The van der Waals surface area contributed by atoms with Crippen LogP contribution in [0.2, 0.25) is 0 Å². The van der Waals surface area contributed by atoms with E-state index in [4.69, 9.17) is 5.11 Å². The first-order valence-electron chi connectivity index (χ1n) is 5.41. The number of hydrogen-bond acceptors (Lipinski definition) is 3. The predicted octanol–water partition coefficient (Wildman–Crippen LogP) is 0.122. The highest BCUT2D eigenvalue weighted by atomic mass is 32.2. The molecule has 1 saturated heterocycles. The maximum absolute atomic E-state index is 11.9. The van der Waals surface area contributed by atoms with Crippen molar-refractivity contribution in [2.24, 2.45) is 0 Å². The molecule has 0 saturated carbocycles. The molecule has 0 spiro atoms. The van der Waals surface area contributed by atoms with E-state index in [0.29, 0.717) is 13.1 Å². The van der Waals surface area contributed by atoms with Crippen molar-refractivity contribution in [3.63, 3.8) is 0 Å². The molecular formula is C9H18N2O4S. The summed E-state index contributed by atoms with van der Waals surface area (Å²) < 4.78 is 26.3. The first-order valence-corrected chi connectivity index (χ1v) is 6.80. The molecule has 0 bridgehead atoms. The molecule has 1 N–H and O–H groups in total. The number of carboxylic acid groups (broad SMARTS) is 1. The summed E-state index contributed by atoms with van der Waals surface area (Å²) in [6, 6.07) is -0.989. The van der Waals surface area contributed by atoms with E-state index in [2.05, 4.69) is 0 Å². The van der Waals surface area contributed by atoms with Gasteiger partial charge in [0.15, 0.2) is 0 Å². The molecular weight excluding hydrogens is 232 g/mol. The summed E-state index contributed by atoms with van der Waals surface area (Å²) in [7, 11) is -3.56. The van der Waals surface area contributed by atoms with Crippen LogP contribution in [0.1, 0.15) is 26.7 Å². The van der Waals surface area contributed by atoms with Crippen molar-refractivity contribution in [1.82, 2.24) is 8.61 Å². The summed E-state index contributed by atoms with van der Waals surface area (Å²) in [5.74, 6) is -1.11. The van der Waals surface area contributed by atoms with Gasteiger partial charge in [0.2, 0.25) is 0 Å². The van der Waals surface area contributed by atoms with E-state index in [-0.39, 0.29) is 6.54 Å². The van der Waals surface area contributed by atoms with Crippen LogP contribution in [0.25, 0.3) is 0 Å². The largest absolute Gasteiger partial charge is 0.480 e. The number of nitrogens with zero attached hydrogens (tertiary/aromatic N) is 2. The van der Waals surface area contributed by atoms with E-state index in [1.54, 1.807) is 0 Å². The van der Waals surface area contributed by atoms with Crippen molar-refractivity contribution < 1.29 is 18.3 Å². The third kappa shape index (κ3) is 2.53. The van der Waals surface area contributed by atoms with Gasteiger partial charge in [0, 0.05) is 19.6 Å². The van der Waals surface area contributed by atoms with Gasteiger partial charge in [0.1, 0.15) is 6.04 Å². The number of hydrogen-bond donors (Lipinski definition) is 1. The smallest absolute Gasteiger partial charge is 0.321 e. The summed E-state index contributed by atoms with van der Waals surface area (Å²) in [6.07, 6.45) is 1.72. The third-order valence-corrected chi connectivity index (χ3v) is 4.85. The second-order valence-electron chi connectivity index (χ2n) is 3.89. The Labute approximate surface area is 96.0 Å². The van der Waals surface area contributed by atoms with E-state index in [9.17, 15) is 13.2 Å². The number of carbonyl (C=O) groups is 1. The van der Waals surface area contributed by atoms with Gasteiger partial charge in [0.05, 0.1) is 0 Å².